The second kappa shape index (κ2) is 12.8. The van der Waals surface area contributed by atoms with Crippen molar-refractivity contribution >= 4 is 23.3 Å². The summed E-state index contributed by atoms with van der Waals surface area (Å²) >= 11 is 1.18. The van der Waals surface area contributed by atoms with E-state index in [-0.39, 0.29) is 17.0 Å². The zero-order valence-electron chi connectivity index (χ0n) is 25.0. The average molecular weight is 623 g/mol. The molecule has 230 valence electrons. The lowest BCUT2D eigenvalue weighted by Crippen LogP contribution is -2.37. The van der Waals surface area contributed by atoms with Crippen LogP contribution in [0.2, 0.25) is 0 Å². The molecule has 1 fully saturated rings. The fourth-order valence-electron chi connectivity index (χ4n) is 5.30. The maximum atomic E-state index is 14.5. The van der Waals surface area contributed by atoms with Crippen LogP contribution in [0.5, 0.6) is 5.75 Å². The van der Waals surface area contributed by atoms with Gasteiger partial charge < -0.3 is 9.64 Å². The monoisotopic (exact) mass is 622 g/mol. The number of nitrogens with zero attached hydrogens (tertiary/aromatic N) is 4. The Labute approximate surface area is 257 Å². The molecule has 0 radical (unpaired) electrons. The van der Waals surface area contributed by atoms with E-state index in [1.54, 1.807) is 29.2 Å². The largest absolute Gasteiger partial charge is 0.497 e. The van der Waals surface area contributed by atoms with Gasteiger partial charge in [0.15, 0.2) is 0 Å². The molecular weight excluding hydrogens is 589 g/mol. The number of piperidine rings is 1. The molecule has 11 heteroatoms. The van der Waals surface area contributed by atoms with Crippen molar-refractivity contribution in [3.8, 4) is 33.3 Å². The number of ether oxygens (including phenoxy) is 1. The van der Waals surface area contributed by atoms with Crippen molar-refractivity contribution in [3.63, 3.8) is 0 Å². The summed E-state index contributed by atoms with van der Waals surface area (Å²) in [7, 11) is 1.56. The van der Waals surface area contributed by atoms with Crippen LogP contribution in [-0.2, 0) is 12.6 Å². The van der Waals surface area contributed by atoms with E-state index < -0.39 is 11.9 Å². The van der Waals surface area contributed by atoms with Crippen molar-refractivity contribution < 1.29 is 22.7 Å². The number of aromatic nitrogens is 3. The molecule has 0 spiro atoms. The maximum absolute atomic E-state index is 14.5. The summed E-state index contributed by atoms with van der Waals surface area (Å²) in [4.78, 5) is 38.6. The standard InChI is InChI=1S/C33H33F3N4O3S/c1-5-21-9-11-23(43-4)16-27(21)40-28(15-20(2)3)24(31(41)39-13-7-6-8-14-39)17-25(32(40)42)30-38-26(19-44-30)22-10-12-29(37-18-22)33(34,35)36/h9-12,15-19H,5-8,13-14H2,1-4H3. The second-order valence-corrected chi connectivity index (χ2v) is 11.7. The third-order valence-electron chi connectivity index (χ3n) is 7.54. The number of likely N-dealkylation sites (tertiary alicyclic amines) is 1. The van der Waals surface area contributed by atoms with Gasteiger partial charge in [0, 0.05) is 36.3 Å². The fourth-order valence-corrected chi connectivity index (χ4v) is 6.13. The molecule has 44 heavy (non-hydrogen) atoms. The Kier molecular flexibility index (Phi) is 9.05. The Balaban J connectivity index is 1.75. The number of aryl methyl sites for hydroxylation is 1. The summed E-state index contributed by atoms with van der Waals surface area (Å²) in [5.41, 5.74) is 2.85. The Hall–Kier alpha value is -4.25. The van der Waals surface area contributed by atoms with Crippen molar-refractivity contribution in [2.45, 2.75) is 52.6 Å². The number of halogens is 3. The number of amides is 1. The molecular formula is C33H33F3N4O3S. The molecule has 1 amide bonds. The second-order valence-electron chi connectivity index (χ2n) is 10.9. The molecule has 7 nitrogen and oxygen atoms in total. The Bertz CT molecular complexity index is 1760. The number of methoxy groups -OCH3 is 1. The SMILES string of the molecule is CCc1ccc(OC)cc1-n1c(C=C(C)C)c(C(=O)N2CCCCC2)cc(-c2nc(-c3ccc(C(F)(F)F)nc3)cs2)c1=O. The first-order valence-corrected chi connectivity index (χ1v) is 15.3. The number of rotatable bonds is 7. The topological polar surface area (TPSA) is 77.3 Å². The minimum atomic E-state index is -4.56. The smallest absolute Gasteiger partial charge is 0.433 e. The molecule has 1 aliphatic heterocycles. The Morgan fingerprint density at radius 3 is 2.45 bits per heavy atom. The summed E-state index contributed by atoms with van der Waals surface area (Å²) in [6.45, 7) is 7.07. The van der Waals surface area contributed by atoms with E-state index in [9.17, 15) is 22.8 Å². The molecule has 0 bridgehead atoms. The Morgan fingerprint density at radius 2 is 1.84 bits per heavy atom. The van der Waals surface area contributed by atoms with Gasteiger partial charge in [-0.3, -0.25) is 19.1 Å². The number of carbonyl (C=O) groups excluding carboxylic acids is 1. The van der Waals surface area contributed by atoms with Gasteiger partial charge in [-0.2, -0.15) is 13.2 Å². The van der Waals surface area contributed by atoms with Crippen molar-refractivity contribution in [1.29, 1.82) is 0 Å². The quantitative estimate of drug-likeness (QED) is 0.212. The predicted molar refractivity (Wildman–Crippen MR) is 166 cm³/mol. The summed E-state index contributed by atoms with van der Waals surface area (Å²) in [6, 6.07) is 9.36. The zero-order valence-corrected chi connectivity index (χ0v) is 25.8. The number of hydrogen-bond donors (Lipinski definition) is 0. The number of hydrogen-bond acceptors (Lipinski definition) is 6. The number of alkyl halides is 3. The third-order valence-corrected chi connectivity index (χ3v) is 8.41. The van der Waals surface area contributed by atoms with Crippen molar-refractivity contribution in [2.75, 3.05) is 20.2 Å². The molecule has 0 saturated carbocycles. The average Bonchev–Trinajstić information content (AvgIpc) is 3.51. The van der Waals surface area contributed by atoms with Crippen molar-refractivity contribution in [3.05, 3.63) is 86.4 Å². The van der Waals surface area contributed by atoms with Crippen LogP contribution in [0.15, 0.2) is 58.3 Å². The molecule has 0 atom stereocenters. The van der Waals surface area contributed by atoms with Gasteiger partial charge in [0.25, 0.3) is 11.5 Å². The first-order chi connectivity index (χ1) is 21.0. The van der Waals surface area contributed by atoms with Gasteiger partial charge >= 0.3 is 6.18 Å². The lowest BCUT2D eigenvalue weighted by Gasteiger charge is -2.28. The summed E-state index contributed by atoms with van der Waals surface area (Å²) in [5.74, 6) is 0.393. The van der Waals surface area contributed by atoms with Gasteiger partial charge in [0.05, 0.1) is 35.3 Å². The highest BCUT2D eigenvalue weighted by Gasteiger charge is 2.32. The lowest BCUT2D eigenvalue weighted by atomic mass is 10.0. The highest BCUT2D eigenvalue weighted by atomic mass is 32.1. The van der Waals surface area contributed by atoms with Crippen LogP contribution in [0.1, 0.15) is 67.3 Å². The van der Waals surface area contributed by atoms with Crippen LogP contribution in [0.25, 0.3) is 33.6 Å². The van der Waals surface area contributed by atoms with Crippen LogP contribution < -0.4 is 10.3 Å². The minimum absolute atomic E-state index is 0.170. The van der Waals surface area contributed by atoms with Gasteiger partial charge in [-0.05, 0) is 75.4 Å². The van der Waals surface area contributed by atoms with Gasteiger partial charge in [-0.15, -0.1) is 11.3 Å². The van der Waals surface area contributed by atoms with E-state index in [4.69, 9.17) is 4.74 Å². The molecule has 0 unspecified atom stereocenters. The number of allylic oxidation sites excluding steroid dienone is 1. The molecule has 1 aromatic carbocycles. The van der Waals surface area contributed by atoms with Gasteiger partial charge in [0.1, 0.15) is 16.5 Å². The number of thiazole rings is 1. The van der Waals surface area contributed by atoms with Crippen LogP contribution in [0.4, 0.5) is 13.2 Å². The lowest BCUT2D eigenvalue weighted by molar-refractivity contribution is -0.141. The minimum Gasteiger partial charge on any atom is -0.497 e. The van der Waals surface area contributed by atoms with Crippen LogP contribution in [-0.4, -0.2) is 45.5 Å². The zero-order chi connectivity index (χ0) is 31.6. The molecule has 0 aliphatic carbocycles. The third kappa shape index (κ3) is 6.33. The van der Waals surface area contributed by atoms with Crippen LogP contribution in [0.3, 0.4) is 0 Å². The molecule has 3 aromatic heterocycles. The summed E-state index contributed by atoms with van der Waals surface area (Å²) in [5, 5.41) is 2.01. The molecule has 1 aliphatic rings. The molecule has 4 aromatic rings. The number of benzene rings is 1. The molecule has 5 rings (SSSR count). The van der Waals surface area contributed by atoms with E-state index in [2.05, 4.69) is 9.97 Å². The summed E-state index contributed by atoms with van der Waals surface area (Å²) in [6.07, 6.45) is 1.90. The van der Waals surface area contributed by atoms with E-state index in [1.807, 2.05) is 43.9 Å². The first kappa shape index (κ1) is 31.2. The van der Waals surface area contributed by atoms with E-state index in [1.165, 1.54) is 17.4 Å². The first-order valence-electron chi connectivity index (χ1n) is 14.4. The molecule has 4 heterocycles. The highest BCUT2D eigenvalue weighted by molar-refractivity contribution is 7.13. The van der Waals surface area contributed by atoms with E-state index in [0.29, 0.717) is 58.5 Å². The molecule has 1 saturated heterocycles. The molecule has 0 N–H and O–H groups in total. The normalized spacial score (nSPS) is 13.6. The summed E-state index contributed by atoms with van der Waals surface area (Å²) < 4.78 is 46.3. The maximum Gasteiger partial charge on any atom is 0.433 e. The number of pyridine rings is 2. The van der Waals surface area contributed by atoms with Crippen molar-refractivity contribution in [2.24, 2.45) is 0 Å². The van der Waals surface area contributed by atoms with Crippen molar-refractivity contribution in [1.82, 2.24) is 19.4 Å². The predicted octanol–water partition coefficient (Wildman–Crippen LogP) is 7.66. The van der Waals surface area contributed by atoms with Crippen LogP contribution in [0, 0.1) is 0 Å². The van der Waals surface area contributed by atoms with E-state index >= 15 is 0 Å². The Morgan fingerprint density at radius 1 is 1.09 bits per heavy atom. The highest BCUT2D eigenvalue weighted by Crippen LogP contribution is 2.33. The fraction of sp³-hybridized carbons (Fsp3) is 0.333. The van der Waals surface area contributed by atoms with E-state index in [0.717, 1.165) is 42.7 Å². The van der Waals surface area contributed by atoms with Gasteiger partial charge in [-0.25, -0.2) is 4.98 Å². The van der Waals surface area contributed by atoms with Gasteiger partial charge in [0.2, 0.25) is 0 Å². The van der Waals surface area contributed by atoms with Gasteiger partial charge in [-0.1, -0.05) is 18.6 Å². The number of carbonyl (C=O) groups is 1. The van der Waals surface area contributed by atoms with Crippen LogP contribution >= 0.6 is 11.3 Å².